The monoisotopic (exact) mass is 454 g/mol. The third kappa shape index (κ3) is 4.42. The second-order valence-electron chi connectivity index (χ2n) is 8.84. The lowest BCUT2D eigenvalue weighted by molar-refractivity contribution is -0.191. The molecule has 0 bridgehead atoms. The van der Waals surface area contributed by atoms with Crippen LogP contribution in [0.3, 0.4) is 0 Å². The van der Waals surface area contributed by atoms with Gasteiger partial charge in [-0.05, 0) is 41.3 Å². The van der Waals surface area contributed by atoms with Crippen LogP contribution in [0.1, 0.15) is 28.7 Å². The molecule has 1 aliphatic rings. The molecule has 5 rings (SSSR count). The van der Waals surface area contributed by atoms with Crippen LogP contribution in [0.4, 0.5) is 4.39 Å². The topological polar surface area (TPSA) is 43.2 Å². The molecule has 0 aliphatic carbocycles. The fraction of sp³-hybridized carbons (Fsp3) is 0.214. The summed E-state index contributed by atoms with van der Waals surface area (Å²) < 4.78 is 15.7. The highest BCUT2D eigenvalue weighted by atomic mass is 19.1. The molecule has 2 unspecified atom stereocenters. The Balaban J connectivity index is 1.58. The molecule has 4 aromatic rings. The van der Waals surface area contributed by atoms with Crippen molar-refractivity contribution in [3.63, 3.8) is 0 Å². The molecule has 2 heterocycles. The number of hydroxylamine groups is 2. The minimum absolute atomic E-state index is 0.249. The fourth-order valence-electron chi connectivity index (χ4n) is 4.61. The van der Waals surface area contributed by atoms with E-state index in [1.165, 1.54) is 24.0 Å². The van der Waals surface area contributed by atoms with E-state index in [0.29, 0.717) is 19.5 Å². The molecule has 6 heteroatoms. The fourth-order valence-corrected chi connectivity index (χ4v) is 4.61. The number of aryl methyl sites for hydroxylation is 1. The lowest BCUT2D eigenvalue weighted by Gasteiger charge is -2.36. The quantitative estimate of drug-likeness (QED) is 0.368. The molecule has 0 saturated carbocycles. The molecule has 1 fully saturated rings. The Bertz CT molecular complexity index is 1240. The first-order valence-corrected chi connectivity index (χ1v) is 11.4. The summed E-state index contributed by atoms with van der Waals surface area (Å²) in [5.74, 6) is -0.270. The number of aromatic nitrogens is 3. The van der Waals surface area contributed by atoms with Gasteiger partial charge in [0, 0.05) is 6.42 Å². The van der Waals surface area contributed by atoms with Crippen molar-refractivity contribution in [2.75, 3.05) is 0 Å². The van der Waals surface area contributed by atoms with Gasteiger partial charge in [0.05, 0.1) is 18.6 Å². The van der Waals surface area contributed by atoms with Crippen molar-refractivity contribution in [2.24, 2.45) is 0 Å². The van der Waals surface area contributed by atoms with Gasteiger partial charge in [-0.15, -0.1) is 0 Å². The Hall–Kier alpha value is -3.61. The summed E-state index contributed by atoms with van der Waals surface area (Å²) in [7, 11) is 0. The number of nitrogens with zero attached hydrogens (tertiary/aromatic N) is 4. The highest BCUT2D eigenvalue weighted by molar-refractivity contribution is 5.67. The molecule has 0 spiro atoms. The van der Waals surface area contributed by atoms with Gasteiger partial charge in [-0.1, -0.05) is 78.9 Å². The summed E-state index contributed by atoms with van der Waals surface area (Å²) in [6, 6.07) is 25.2. The van der Waals surface area contributed by atoms with Crippen LogP contribution < -0.4 is 0 Å². The summed E-state index contributed by atoms with van der Waals surface area (Å²) in [5.41, 5.74) is 4.64. The second kappa shape index (κ2) is 9.33. The Morgan fingerprint density at radius 3 is 2.47 bits per heavy atom. The van der Waals surface area contributed by atoms with E-state index in [0.717, 1.165) is 22.3 Å². The Labute approximate surface area is 199 Å². The molecular formula is C28H27FN4O. The largest absolute Gasteiger partial charge is 0.290 e. The van der Waals surface area contributed by atoms with Gasteiger partial charge < -0.3 is 0 Å². The third-order valence-electron chi connectivity index (χ3n) is 6.51. The summed E-state index contributed by atoms with van der Waals surface area (Å²) in [6.07, 6.45) is 3.62. The van der Waals surface area contributed by atoms with Crippen LogP contribution >= 0.6 is 0 Å². The normalized spacial score (nSPS) is 20.5. The molecule has 0 N–H and O–H groups in total. The van der Waals surface area contributed by atoms with Crippen LogP contribution in [0.25, 0.3) is 5.57 Å². The molecule has 34 heavy (non-hydrogen) atoms. The smallest absolute Gasteiger partial charge is 0.137 e. The third-order valence-corrected chi connectivity index (χ3v) is 6.51. The van der Waals surface area contributed by atoms with Gasteiger partial charge >= 0.3 is 0 Å². The first-order chi connectivity index (χ1) is 16.5. The van der Waals surface area contributed by atoms with Crippen molar-refractivity contribution in [3.8, 4) is 0 Å². The highest BCUT2D eigenvalue weighted by Crippen LogP contribution is 2.46. The van der Waals surface area contributed by atoms with Crippen molar-refractivity contribution in [1.29, 1.82) is 0 Å². The van der Waals surface area contributed by atoms with Crippen LogP contribution in [0.5, 0.6) is 0 Å². The maximum atomic E-state index is 13.9. The number of rotatable bonds is 7. The molecule has 3 aromatic carbocycles. The number of hydrogen-bond donors (Lipinski definition) is 0. The molecule has 0 amide bonds. The van der Waals surface area contributed by atoms with Gasteiger partial charge in [-0.25, -0.2) is 9.37 Å². The van der Waals surface area contributed by atoms with E-state index in [-0.39, 0.29) is 11.9 Å². The van der Waals surface area contributed by atoms with Crippen molar-refractivity contribution >= 4 is 5.57 Å². The van der Waals surface area contributed by atoms with Gasteiger partial charge in [0.1, 0.15) is 24.6 Å². The van der Waals surface area contributed by atoms with Gasteiger partial charge in [0.15, 0.2) is 0 Å². The zero-order chi connectivity index (χ0) is 23.5. The predicted octanol–water partition coefficient (Wildman–Crippen LogP) is 5.54. The molecule has 1 aliphatic heterocycles. The standard InChI is InChI=1S/C28H27FN4O/c1-21-8-10-23(11-9-21)17-33-28(18-32-20-30-19-31-32,25-12-14-26(29)15-13-25)16-27(34-33)22(2)24-6-4-3-5-7-24/h3-15,19-20,27H,2,16-18H2,1H3. The zero-order valence-electron chi connectivity index (χ0n) is 19.1. The van der Waals surface area contributed by atoms with Crippen LogP contribution in [-0.4, -0.2) is 25.9 Å². The first kappa shape index (κ1) is 22.2. The van der Waals surface area contributed by atoms with Crippen LogP contribution in [0.15, 0.2) is 98.1 Å². The molecule has 5 nitrogen and oxygen atoms in total. The molecular weight excluding hydrogens is 427 g/mol. The maximum absolute atomic E-state index is 13.9. The van der Waals surface area contributed by atoms with E-state index in [1.54, 1.807) is 6.33 Å². The minimum atomic E-state index is -0.603. The van der Waals surface area contributed by atoms with Crippen molar-refractivity contribution < 1.29 is 9.23 Å². The lowest BCUT2D eigenvalue weighted by atomic mass is 9.82. The summed E-state index contributed by atoms with van der Waals surface area (Å²) in [5, 5.41) is 6.40. The van der Waals surface area contributed by atoms with E-state index in [4.69, 9.17) is 4.84 Å². The highest BCUT2D eigenvalue weighted by Gasteiger charge is 2.50. The number of benzene rings is 3. The predicted molar refractivity (Wildman–Crippen MR) is 130 cm³/mol. The number of hydrogen-bond acceptors (Lipinski definition) is 4. The van der Waals surface area contributed by atoms with E-state index in [1.807, 2.05) is 52.2 Å². The Morgan fingerprint density at radius 1 is 1.06 bits per heavy atom. The maximum Gasteiger partial charge on any atom is 0.137 e. The summed E-state index contributed by atoms with van der Waals surface area (Å²) in [4.78, 5) is 10.8. The first-order valence-electron chi connectivity index (χ1n) is 11.4. The van der Waals surface area contributed by atoms with E-state index >= 15 is 0 Å². The van der Waals surface area contributed by atoms with E-state index in [2.05, 4.69) is 47.9 Å². The molecule has 0 radical (unpaired) electrons. The lowest BCUT2D eigenvalue weighted by Crippen LogP contribution is -2.43. The van der Waals surface area contributed by atoms with E-state index in [9.17, 15) is 4.39 Å². The van der Waals surface area contributed by atoms with Crippen molar-refractivity contribution in [2.45, 2.75) is 38.1 Å². The zero-order valence-corrected chi connectivity index (χ0v) is 19.1. The average molecular weight is 455 g/mol. The van der Waals surface area contributed by atoms with Gasteiger partial charge in [0.25, 0.3) is 0 Å². The van der Waals surface area contributed by atoms with Gasteiger partial charge in [-0.3, -0.25) is 9.52 Å². The average Bonchev–Trinajstić information content (AvgIpc) is 3.50. The van der Waals surface area contributed by atoms with Crippen LogP contribution in [0, 0.1) is 12.7 Å². The van der Waals surface area contributed by atoms with Gasteiger partial charge in [-0.2, -0.15) is 10.2 Å². The summed E-state index contributed by atoms with van der Waals surface area (Å²) in [6.45, 7) is 7.52. The SMILES string of the molecule is C=C(c1ccccc1)C1CC(Cn2cncn2)(c2ccc(F)cc2)N(Cc2ccc(C)cc2)O1. The number of halogens is 1. The molecule has 1 saturated heterocycles. The second-order valence-corrected chi connectivity index (χ2v) is 8.84. The molecule has 172 valence electrons. The van der Waals surface area contributed by atoms with E-state index < -0.39 is 5.54 Å². The minimum Gasteiger partial charge on any atom is -0.290 e. The Kier molecular flexibility index (Phi) is 6.09. The summed E-state index contributed by atoms with van der Waals surface area (Å²) >= 11 is 0. The van der Waals surface area contributed by atoms with Gasteiger partial charge in [0.2, 0.25) is 0 Å². The van der Waals surface area contributed by atoms with Crippen LogP contribution in [0.2, 0.25) is 0 Å². The van der Waals surface area contributed by atoms with Crippen LogP contribution in [-0.2, 0) is 23.5 Å². The molecule has 2 atom stereocenters. The van der Waals surface area contributed by atoms with Crippen molar-refractivity contribution in [3.05, 3.63) is 126 Å². The Morgan fingerprint density at radius 2 is 1.79 bits per heavy atom. The molecule has 1 aromatic heterocycles. The van der Waals surface area contributed by atoms with Crippen molar-refractivity contribution in [1.82, 2.24) is 19.8 Å².